The lowest BCUT2D eigenvalue weighted by molar-refractivity contribution is -0.693. The number of benzene rings is 1. The molecule has 7 heteroatoms. The second kappa shape index (κ2) is 9.10. The summed E-state index contributed by atoms with van der Waals surface area (Å²) in [5.74, 6) is 2.84. The maximum atomic E-state index is 12.8. The number of carbonyl (C=O) groups excluding carboxylic acids is 1. The summed E-state index contributed by atoms with van der Waals surface area (Å²) in [4.78, 5) is 16.9. The van der Waals surface area contributed by atoms with Crippen LogP contribution in [0.3, 0.4) is 0 Å². The molecule has 0 radical (unpaired) electrons. The fourth-order valence-corrected chi connectivity index (χ4v) is 3.56. The molecular formula is C21H23BrN4O2. The van der Waals surface area contributed by atoms with Crippen LogP contribution in [0, 0.1) is 0 Å². The second-order valence-corrected chi connectivity index (χ2v) is 6.75. The number of ketones is 1. The SMILES string of the molecule is COc1ccc(C(=O)Cn2nc(-c3ccncc3)[n+]3c2CCCCC3)cc1.[Br-]. The van der Waals surface area contributed by atoms with E-state index in [9.17, 15) is 4.79 Å². The van der Waals surface area contributed by atoms with Gasteiger partial charge in [-0.25, -0.2) is 4.57 Å². The highest BCUT2D eigenvalue weighted by Gasteiger charge is 2.29. The Labute approximate surface area is 175 Å². The van der Waals surface area contributed by atoms with Crippen molar-refractivity contribution in [2.75, 3.05) is 7.11 Å². The number of fused-ring (bicyclic) bond motifs is 1. The standard InChI is InChI=1S/C21H23N4O2.BrH/c1-27-18-8-6-16(7-9-18)19(26)15-25-20-5-3-2-4-14-24(20)21(23-25)17-10-12-22-13-11-17;/h6-13H,2-5,14-15H2,1H3;1H/q+1;/p-1. The zero-order chi connectivity index (χ0) is 18.6. The topological polar surface area (TPSA) is 60.9 Å². The highest BCUT2D eigenvalue weighted by atomic mass is 79.9. The number of methoxy groups -OCH3 is 1. The van der Waals surface area contributed by atoms with Crippen LogP contribution in [-0.4, -0.2) is 27.7 Å². The van der Waals surface area contributed by atoms with E-state index in [1.54, 1.807) is 31.6 Å². The Balaban J connectivity index is 0.00000225. The number of Topliss-reactive ketones (excluding diaryl/α,β-unsaturated/α-hetero) is 1. The first kappa shape index (κ1) is 20.2. The van der Waals surface area contributed by atoms with Gasteiger partial charge in [-0.1, -0.05) is 0 Å². The molecule has 0 aliphatic carbocycles. The number of aromatic nitrogens is 4. The van der Waals surface area contributed by atoms with Gasteiger partial charge in [-0.2, -0.15) is 0 Å². The van der Waals surface area contributed by atoms with E-state index < -0.39 is 0 Å². The Bertz CT molecular complexity index is 939. The van der Waals surface area contributed by atoms with Gasteiger partial charge < -0.3 is 21.7 Å². The average Bonchev–Trinajstić information content (AvgIpc) is 2.89. The molecular weight excluding hydrogens is 420 g/mol. The Morgan fingerprint density at radius 2 is 1.86 bits per heavy atom. The van der Waals surface area contributed by atoms with Crippen LogP contribution in [0.25, 0.3) is 11.4 Å². The first-order chi connectivity index (χ1) is 13.3. The van der Waals surface area contributed by atoms with Crippen molar-refractivity contribution in [1.29, 1.82) is 0 Å². The third-order valence-corrected chi connectivity index (χ3v) is 5.01. The summed E-state index contributed by atoms with van der Waals surface area (Å²) < 4.78 is 9.32. The number of pyridine rings is 1. The van der Waals surface area contributed by atoms with Crippen molar-refractivity contribution >= 4 is 5.78 Å². The fourth-order valence-electron chi connectivity index (χ4n) is 3.56. The van der Waals surface area contributed by atoms with Gasteiger partial charge in [0.25, 0.3) is 0 Å². The molecule has 146 valence electrons. The summed E-state index contributed by atoms with van der Waals surface area (Å²) in [6, 6.07) is 11.2. The highest BCUT2D eigenvalue weighted by Crippen LogP contribution is 2.18. The minimum absolute atomic E-state index is 0. The average molecular weight is 443 g/mol. The van der Waals surface area contributed by atoms with Crippen molar-refractivity contribution in [3.63, 3.8) is 0 Å². The third kappa shape index (κ3) is 4.14. The number of carbonyl (C=O) groups is 1. The van der Waals surface area contributed by atoms with E-state index >= 15 is 0 Å². The van der Waals surface area contributed by atoms with E-state index in [-0.39, 0.29) is 29.3 Å². The van der Waals surface area contributed by atoms with Gasteiger partial charge in [0.15, 0.2) is 12.3 Å². The fraction of sp³-hybridized carbons (Fsp3) is 0.333. The van der Waals surface area contributed by atoms with Gasteiger partial charge >= 0.3 is 5.82 Å². The van der Waals surface area contributed by atoms with Gasteiger partial charge in [-0.05, 0) is 55.7 Å². The van der Waals surface area contributed by atoms with E-state index in [1.165, 1.54) is 6.42 Å². The summed E-state index contributed by atoms with van der Waals surface area (Å²) in [6.45, 7) is 1.18. The number of rotatable bonds is 5. The molecule has 0 atom stereocenters. The molecule has 0 saturated heterocycles. The van der Waals surface area contributed by atoms with Crippen LogP contribution in [0.1, 0.15) is 35.4 Å². The molecule has 0 saturated carbocycles. The molecule has 4 rings (SSSR count). The molecule has 0 unspecified atom stereocenters. The summed E-state index contributed by atoms with van der Waals surface area (Å²) in [6.07, 6.45) is 7.95. The smallest absolute Gasteiger partial charge is 0.309 e. The van der Waals surface area contributed by atoms with E-state index in [4.69, 9.17) is 9.84 Å². The van der Waals surface area contributed by atoms with Crippen LogP contribution in [-0.2, 0) is 19.5 Å². The van der Waals surface area contributed by atoms with E-state index in [0.29, 0.717) is 5.56 Å². The Morgan fingerprint density at radius 3 is 2.57 bits per heavy atom. The van der Waals surface area contributed by atoms with Gasteiger partial charge in [0, 0.05) is 29.5 Å². The van der Waals surface area contributed by atoms with Crippen molar-refractivity contribution in [2.45, 2.75) is 38.8 Å². The number of hydrogen-bond acceptors (Lipinski definition) is 4. The van der Waals surface area contributed by atoms with Crippen molar-refractivity contribution in [1.82, 2.24) is 14.8 Å². The molecule has 1 aliphatic rings. The molecule has 1 aromatic carbocycles. The minimum atomic E-state index is 0. The van der Waals surface area contributed by atoms with E-state index in [2.05, 4.69) is 9.55 Å². The first-order valence-electron chi connectivity index (χ1n) is 9.33. The van der Waals surface area contributed by atoms with Gasteiger partial charge in [0.1, 0.15) is 5.75 Å². The first-order valence-corrected chi connectivity index (χ1v) is 9.33. The number of hydrogen-bond donors (Lipinski definition) is 0. The maximum absolute atomic E-state index is 12.8. The lowest BCUT2D eigenvalue weighted by atomic mass is 10.1. The zero-order valence-electron chi connectivity index (χ0n) is 15.8. The summed E-state index contributed by atoms with van der Waals surface area (Å²) in [7, 11) is 1.62. The molecule has 0 bridgehead atoms. The predicted molar refractivity (Wildman–Crippen MR) is 101 cm³/mol. The molecule has 0 amide bonds. The normalized spacial score (nSPS) is 13.2. The Kier molecular flexibility index (Phi) is 6.57. The second-order valence-electron chi connectivity index (χ2n) is 6.75. The van der Waals surface area contributed by atoms with Crippen LogP contribution < -0.4 is 26.3 Å². The Morgan fingerprint density at radius 1 is 1.11 bits per heavy atom. The largest absolute Gasteiger partial charge is 1.00 e. The molecule has 0 spiro atoms. The molecule has 28 heavy (non-hydrogen) atoms. The molecule has 1 aliphatic heterocycles. The number of halogens is 1. The van der Waals surface area contributed by atoms with E-state index in [1.807, 2.05) is 28.9 Å². The highest BCUT2D eigenvalue weighted by molar-refractivity contribution is 5.96. The third-order valence-electron chi connectivity index (χ3n) is 5.01. The lowest BCUT2D eigenvalue weighted by Crippen LogP contribution is -3.00. The van der Waals surface area contributed by atoms with Gasteiger partial charge in [-0.3, -0.25) is 9.78 Å². The van der Waals surface area contributed by atoms with Crippen molar-refractivity contribution in [3.05, 3.63) is 60.2 Å². The lowest BCUT2D eigenvalue weighted by Gasteiger charge is -2.03. The minimum Gasteiger partial charge on any atom is -1.00 e. The molecule has 0 N–H and O–H groups in total. The molecule has 3 heterocycles. The summed E-state index contributed by atoms with van der Waals surface area (Å²) in [5.41, 5.74) is 1.70. The quantitative estimate of drug-likeness (QED) is 0.407. The molecule has 3 aromatic rings. The van der Waals surface area contributed by atoms with Crippen molar-refractivity contribution in [3.8, 4) is 17.1 Å². The van der Waals surface area contributed by atoms with Crippen molar-refractivity contribution in [2.24, 2.45) is 0 Å². The molecule has 2 aromatic heterocycles. The van der Waals surface area contributed by atoms with Crippen LogP contribution >= 0.6 is 0 Å². The van der Waals surface area contributed by atoms with Gasteiger partial charge in [0.2, 0.25) is 5.82 Å². The summed E-state index contributed by atoms with van der Waals surface area (Å²) in [5, 5.41) is 4.81. The van der Waals surface area contributed by atoms with Crippen LogP contribution in [0.15, 0.2) is 48.8 Å². The summed E-state index contributed by atoms with van der Waals surface area (Å²) >= 11 is 0. The van der Waals surface area contributed by atoms with Crippen LogP contribution in [0.2, 0.25) is 0 Å². The monoisotopic (exact) mass is 442 g/mol. The predicted octanol–water partition coefficient (Wildman–Crippen LogP) is -0.145. The van der Waals surface area contributed by atoms with Crippen LogP contribution in [0.5, 0.6) is 5.75 Å². The number of nitrogens with zero attached hydrogens (tertiary/aromatic N) is 4. The van der Waals surface area contributed by atoms with Gasteiger partial charge in [0.05, 0.1) is 19.2 Å². The maximum Gasteiger partial charge on any atom is 0.309 e. The number of ether oxygens (including phenoxy) is 1. The van der Waals surface area contributed by atoms with Crippen molar-refractivity contribution < 1.29 is 31.1 Å². The van der Waals surface area contributed by atoms with Gasteiger partial charge in [-0.15, -0.1) is 4.68 Å². The Hall–Kier alpha value is -2.54. The molecule has 0 fully saturated rings. The molecule has 6 nitrogen and oxygen atoms in total. The van der Waals surface area contributed by atoms with Crippen LogP contribution in [0.4, 0.5) is 0 Å². The zero-order valence-corrected chi connectivity index (χ0v) is 17.4. The van der Waals surface area contributed by atoms with E-state index in [0.717, 1.165) is 48.8 Å².